The molecule has 0 fully saturated rings. The maximum absolute atomic E-state index is 12.2. The number of hydrogen-bond donors (Lipinski definition) is 1. The molecule has 1 amide bonds. The largest absolute Gasteiger partial charge is 0.486 e. The van der Waals surface area contributed by atoms with E-state index in [1.807, 2.05) is 48.5 Å². The summed E-state index contributed by atoms with van der Waals surface area (Å²) in [6.07, 6.45) is -0.313. The Morgan fingerprint density at radius 3 is 2.32 bits per heavy atom. The molecule has 3 aromatic carbocycles. The summed E-state index contributed by atoms with van der Waals surface area (Å²) in [4.78, 5) is 24.2. The molecule has 31 heavy (non-hydrogen) atoms. The molecular formula is C24H21NO6. The van der Waals surface area contributed by atoms with Gasteiger partial charge in [-0.15, -0.1) is 0 Å². The van der Waals surface area contributed by atoms with Gasteiger partial charge < -0.3 is 24.3 Å². The Balaban J connectivity index is 1.20. The van der Waals surface area contributed by atoms with Crippen molar-refractivity contribution < 1.29 is 28.5 Å². The summed E-state index contributed by atoms with van der Waals surface area (Å²) >= 11 is 0. The van der Waals surface area contributed by atoms with Crippen molar-refractivity contribution in [1.29, 1.82) is 0 Å². The van der Waals surface area contributed by atoms with Gasteiger partial charge >= 0.3 is 5.97 Å². The second-order valence-electron chi connectivity index (χ2n) is 6.82. The first-order valence-corrected chi connectivity index (χ1v) is 9.82. The number of esters is 1. The number of benzene rings is 3. The van der Waals surface area contributed by atoms with Gasteiger partial charge in [0.1, 0.15) is 24.2 Å². The summed E-state index contributed by atoms with van der Waals surface area (Å²) in [5, 5.41) is 2.69. The molecule has 0 unspecified atom stereocenters. The van der Waals surface area contributed by atoms with Crippen molar-refractivity contribution in [1.82, 2.24) is 5.32 Å². The predicted octanol–water partition coefficient (Wildman–Crippen LogP) is 3.59. The van der Waals surface area contributed by atoms with Gasteiger partial charge in [-0.05, 0) is 48.5 Å². The summed E-state index contributed by atoms with van der Waals surface area (Å²) in [5.74, 6) is 1.60. The average Bonchev–Trinajstić information content (AvgIpc) is 2.82. The topological polar surface area (TPSA) is 83.1 Å². The number of nitrogens with one attached hydrogen (secondary N) is 1. The van der Waals surface area contributed by atoms with Gasteiger partial charge in [-0.25, -0.2) is 4.79 Å². The van der Waals surface area contributed by atoms with Crippen molar-refractivity contribution in [3.63, 3.8) is 0 Å². The lowest BCUT2D eigenvalue weighted by Crippen LogP contribution is -2.42. The number of rotatable bonds is 7. The van der Waals surface area contributed by atoms with E-state index in [2.05, 4.69) is 5.32 Å². The third-order valence-electron chi connectivity index (χ3n) is 4.50. The standard InChI is InChI=1S/C24H21NO6/c26-23(25-14-20-15-28-21-8-4-5-9-22(21)31-20)16-29-24(27)17-10-12-19(13-11-17)30-18-6-2-1-3-7-18/h1-13,20H,14-16H2,(H,25,26)/t20-/m1/s1. The fraction of sp³-hybridized carbons (Fsp3) is 0.167. The molecule has 1 aliphatic heterocycles. The number of para-hydroxylation sites is 3. The summed E-state index contributed by atoms with van der Waals surface area (Å²) in [7, 11) is 0. The number of fused-ring (bicyclic) bond motifs is 1. The molecule has 1 atom stereocenters. The van der Waals surface area contributed by atoms with E-state index in [9.17, 15) is 9.59 Å². The van der Waals surface area contributed by atoms with Gasteiger partial charge in [0.05, 0.1) is 12.1 Å². The SMILES string of the molecule is O=C(COC(=O)c1ccc(Oc2ccccc2)cc1)NC[C@@H]1COc2ccccc2O1. The molecule has 4 rings (SSSR count). The molecule has 0 bridgehead atoms. The molecule has 0 aliphatic carbocycles. The number of ether oxygens (including phenoxy) is 4. The van der Waals surface area contributed by atoms with Crippen LogP contribution in [0.15, 0.2) is 78.9 Å². The molecule has 7 heteroatoms. The Labute approximate surface area is 179 Å². The van der Waals surface area contributed by atoms with Crippen LogP contribution in [0.25, 0.3) is 0 Å². The summed E-state index contributed by atoms with van der Waals surface area (Å²) < 4.78 is 22.1. The number of amides is 1. The maximum Gasteiger partial charge on any atom is 0.338 e. The summed E-state index contributed by atoms with van der Waals surface area (Å²) in [5.41, 5.74) is 0.328. The molecule has 0 saturated heterocycles. The third-order valence-corrected chi connectivity index (χ3v) is 4.50. The monoisotopic (exact) mass is 419 g/mol. The van der Waals surface area contributed by atoms with E-state index in [1.54, 1.807) is 30.3 Å². The molecule has 0 aromatic heterocycles. The highest BCUT2D eigenvalue weighted by molar-refractivity contribution is 5.91. The van der Waals surface area contributed by atoms with Gasteiger partial charge in [0, 0.05) is 0 Å². The number of hydrogen-bond acceptors (Lipinski definition) is 6. The lowest BCUT2D eigenvalue weighted by atomic mass is 10.2. The van der Waals surface area contributed by atoms with Crippen LogP contribution in [0, 0.1) is 0 Å². The molecule has 0 spiro atoms. The van der Waals surface area contributed by atoms with Crippen LogP contribution in [0.5, 0.6) is 23.0 Å². The first-order chi connectivity index (χ1) is 15.2. The van der Waals surface area contributed by atoms with Gasteiger partial charge in [-0.2, -0.15) is 0 Å². The Kier molecular flexibility index (Phi) is 6.32. The highest BCUT2D eigenvalue weighted by Crippen LogP contribution is 2.30. The quantitative estimate of drug-likeness (QED) is 0.590. The normalized spacial score (nSPS) is 14.4. The van der Waals surface area contributed by atoms with Crippen LogP contribution in [0.4, 0.5) is 0 Å². The van der Waals surface area contributed by atoms with Crippen molar-refractivity contribution in [2.24, 2.45) is 0 Å². The van der Waals surface area contributed by atoms with E-state index < -0.39 is 11.9 Å². The first kappa shape index (κ1) is 20.3. The maximum atomic E-state index is 12.2. The van der Waals surface area contributed by atoms with Gasteiger partial charge in [0.15, 0.2) is 18.1 Å². The van der Waals surface area contributed by atoms with Crippen molar-refractivity contribution in [2.75, 3.05) is 19.8 Å². The van der Waals surface area contributed by atoms with Crippen LogP contribution in [0.3, 0.4) is 0 Å². The van der Waals surface area contributed by atoms with E-state index in [4.69, 9.17) is 18.9 Å². The molecule has 1 N–H and O–H groups in total. The van der Waals surface area contributed by atoms with Crippen molar-refractivity contribution >= 4 is 11.9 Å². The zero-order valence-corrected chi connectivity index (χ0v) is 16.7. The van der Waals surface area contributed by atoms with Gasteiger partial charge in [0.2, 0.25) is 0 Å². The fourth-order valence-electron chi connectivity index (χ4n) is 2.94. The molecule has 7 nitrogen and oxygen atoms in total. The smallest absolute Gasteiger partial charge is 0.338 e. The lowest BCUT2D eigenvalue weighted by molar-refractivity contribution is -0.124. The average molecular weight is 419 g/mol. The second kappa shape index (κ2) is 9.67. The molecule has 1 aliphatic rings. The van der Waals surface area contributed by atoms with E-state index in [-0.39, 0.29) is 19.3 Å². The van der Waals surface area contributed by atoms with Crippen LogP contribution in [-0.4, -0.2) is 37.7 Å². The van der Waals surface area contributed by atoms with Crippen molar-refractivity contribution in [3.05, 3.63) is 84.4 Å². The van der Waals surface area contributed by atoms with Crippen LogP contribution in [0.2, 0.25) is 0 Å². The van der Waals surface area contributed by atoms with Gasteiger partial charge in [0.25, 0.3) is 5.91 Å². The molecule has 0 radical (unpaired) electrons. The van der Waals surface area contributed by atoms with E-state index in [0.717, 1.165) is 0 Å². The van der Waals surface area contributed by atoms with Crippen LogP contribution in [-0.2, 0) is 9.53 Å². The fourth-order valence-corrected chi connectivity index (χ4v) is 2.94. The molecule has 1 heterocycles. The molecule has 3 aromatic rings. The predicted molar refractivity (Wildman–Crippen MR) is 113 cm³/mol. The Hall–Kier alpha value is -4.00. The summed E-state index contributed by atoms with van der Waals surface area (Å²) in [6.45, 7) is 0.190. The van der Waals surface area contributed by atoms with E-state index >= 15 is 0 Å². The summed E-state index contributed by atoms with van der Waals surface area (Å²) in [6, 6.07) is 23.2. The van der Waals surface area contributed by atoms with E-state index in [1.165, 1.54) is 0 Å². The third kappa shape index (κ3) is 5.54. The minimum absolute atomic E-state index is 0.246. The molecule has 158 valence electrons. The highest BCUT2D eigenvalue weighted by Gasteiger charge is 2.21. The molecule has 0 saturated carbocycles. The minimum atomic E-state index is -0.590. The van der Waals surface area contributed by atoms with Crippen molar-refractivity contribution in [3.8, 4) is 23.0 Å². The van der Waals surface area contributed by atoms with Gasteiger partial charge in [-0.3, -0.25) is 4.79 Å². The van der Waals surface area contributed by atoms with Crippen molar-refractivity contribution in [2.45, 2.75) is 6.10 Å². The molecular weight excluding hydrogens is 398 g/mol. The lowest BCUT2D eigenvalue weighted by Gasteiger charge is -2.26. The van der Waals surface area contributed by atoms with Crippen LogP contribution < -0.4 is 19.5 Å². The number of carbonyl (C=O) groups excluding carboxylic acids is 2. The van der Waals surface area contributed by atoms with E-state index in [0.29, 0.717) is 35.2 Å². The van der Waals surface area contributed by atoms with Crippen LogP contribution in [0.1, 0.15) is 10.4 Å². The first-order valence-electron chi connectivity index (χ1n) is 9.82. The van der Waals surface area contributed by atoms with Gasteiger partial charge in [-0.1, -0.05) is 30.3 Å². The Morgan fingerprint density at radius 1 is 0.871 bits per heavy atom. The Bertz CT molecular complexity index is 1040. The van der Waals surface area contributed by atoms with Crippen LogP contribution >= 0.6 is 0 Å². The Morgan fingerprint density at radius 2 is 1.55 bits per heavy atom. The minimum Gasteiger partial charge on any atom is -0.486 e. The highest BCUT2D eigenvalue weighted by atomic mass is 16.6. The second-order valence-corrected chi connectivity index (χ2v) is 6.82. The zero-order valence-electron chi connectivity index (χ0n) is 16.7. The number of carbonyl (C=O) groups is 2. The zero-order chi connectivity index (χ0) is 21.5.